The highest BCUT2D eigenvalue weighted by Gasteiger charge is 2.14. The molecule has 0 spiro atoms. The highest BCUT2D eigenvalue weighted by atomic mass is 32.2. The topological polar surface area (TPSA) is 72.7 Å². The van der Waals surface area contributed by atoms with E-state index in [1.54, 1.807) is 24.2 Å². The van der Waals surface area contributed by atoms with E-state index in [0.29, 0.717) is 5.69 Å². The molecule has 0 unspecified atom stereocenters. The van der Waals surface area contributed by atoms with Gasteiger partial charge in [0.25, 0.3) is 5.91 Å². The van der Waals surface area contributed by atoms with Gasteiger partial charge in [0.1, 0.15) is 12.0 Å². The number of carbonyl (C=O) groups excluding carboxylic acids is 1. The zero-order valence-electron chi connectivity index (χ0n) is 16.5. The number of aryl methyl sites for hydroxylation is 2. The number of rotatable bonds is 5. The molecule has 0 saturated heterocycles. The Morgan fingerprint density at radius 2 is 1.97 bits per heavy atom. The van der Waals surface area contributed by atoms with E-state index in [0.717, 1.165) is 32.9 Å². The molecule has 0 bridgehead atoms. The summed E-state index contributed by atoms with van der Waals surface area (Å²) in [6.45, 7) is 4.14. The van der Waals surface area contributed by atoms with Gasteiger partial charge in [0.2, 0.25) is 0 Å². The van der Waals surface area contributed by atoms with E-state index in [-0.39, 0.29) is 11.2 Å². The lowest BCUT2D eigenvalue weighted by Gasteiger charge is -2.13. The van der Waals surface area contributed by atoms with Crippen molar-refractivity contribution in [3.63, 3.8) is 0 Å². The molecule has 0 saturated carbocycles. The summed E-state index contributed by atoms with van der Waals surface area (Å²) >= 11 is 1.62. The van der Waals surface area contributed by atoms with Gasteiger partial charge in [0, 0.05) is 23.4 Å². The third-order valence-corrected chi connectivity index (χ3v) is 5.95. The minimum absolute atomic E-state index is 0.163. The van der Waals surface area contributed by atoms with Gasteiger partial charge in [-0.05, 0) is 49.2 Å². The summed E-state index contributed by atoms with van der Waals surface area (Å²) < 4.78 is 1.89. The maximum absolute atomic E-state index is 12.7. The van der Waals surface area contributed by atoms with Crippen LogP contribution in [0, 0.1) is 6.92 Å². The van der Waals surface area contributed by atoms with E-state index in [2.05, 4.69) is 27.4 Å². The summed E-state index contributed by atoms with van der Waals surface area (Å²) in [4.78, 5) is 17.2. The predicted octanol–water partition coefficient (Wildman–Crippen LogP) is 4.78. The number of aromatic nitrogens is 4. The highest BCUT2D eigenvalue weighted by molar-refractivity contribution is 7.99. The minimum atomic E-state index is -0.223. The zero-order chi connectivity index (χ0) is 20.4. The van der Waals surface area contributed by atoms with E-state index in [9.17, 15) is 4.79 Å². The van der Waals surface area contributed by atoms with Crippen LogP contribution >= 0.6 is 11.8 Å². The fourth-order valence-electron chi connectivity index (χ4n) is 3.11. The first kappa shape index (κ1) is 19.1. The van der Waals surface area contributed by atoms with Crippen molar-refractivity contribution in [3.8, 4) is 0 Å². The Morgan fingerprint density at radius 3 is 2.76 bits per heavy atom. The molecular weight excluding hydrogens is 382 g/mol. The predicted molar refractivity (Wildman–Crippen MR) is 116 cm³/mol. The summed E-state index contributed by atoms with van der Waals surface area (Å²) in [5.74, 6) is -0.223. The van der Waals surface area contributed by atoms with E-state index in [1.807, 2.05) is 67.1 Å². The maximum Gasteiger partial charge on any atom is 0.274 e. The van der Waals surface area contributed by atoms with Gasteiger partial charge in [0.05, 0.1) is 5.52 Å². The van der Waals surface area contributed by atoms with Crippen LogP contribution in [-0.2, 0) is 7.05 Å². The molecule has 2 aromatic carbocycles. The lowest BCUT2D eigenvalue weighted by atomic mass is 10.1. The summed E-state index contributed by atoms with van der Waals surface area (Å²) in [5.41, 5.74) is 4.20. The Bertz CT molecular complexity index is 1190. The highest BCUT2D eigenvalue weighted by Crippen LogP contribution is 2.34. The first-order valence-electron chi connectivity index (χ1n) is 9.29. The minimum Gasteiger partial charge on any atom is -0.321 e. The Hall–Kier alpha value is -3.19. The van der Waals surface area contributed by atoms with Crippen LogP contribution in [0.15, 0.2) is 66.1 Å². The summed E-state index contributed by atoms with van der Waals surface area (Å²) in [5, 5.41) is 13.1. The van der Waals surface area contributed by atoms with E-state index >= 15 is 0 Å². The smallest absolute Gasteiger partial charge is 0.274 e. The number of hydrogen-bond donors (Lipinski definition) is 1. The zero-order valence-corrected chi connectivity index (χ0v) is 17.3. The van der Waals surface area contributed by atoms with Crippen LogP contribution in [-0.4, -0.2) is 25.7 Å². The number of fused-ring (bicyclic) bond motifs is 1. The normalized spacial score (nSPS) is 12.1. The lowest BCUT2D eigenvalue weighted by molar-refractivity contribution is 0.102. The Kier molecular flexibility index (Phi) is 5.31. The molecule has 2 heterocycles. The second-order valence-corrected chi connectivity index (χ2v) is 8.21. The quantitative estimate of drug-likeness (QED) is 0.486. The van der Waals surface area contributed by atoms with Crippen molar-refractivity contribution in [2.45, 2.75) is 24.3 Å². The van der Waals surface area contributed by atoms with Gasteiger partial charge in [-0.3, -0.25) is 4.79 Å². The van der Waals surface area contributed by atoms with Crippen LogP contribution in [0.5, 0.6) is 0 Å². The molecule has 1 amide bonds. The van der Waals surface area contributed by atoms with E-state index in [4.69, 9.17) is 0 Å². The number of nitrogens with one attached hydrogen (secondary N) is 1. The van der Waals surface area contributed by atoms with Gasteiger partial charge in [-0.2, -0.15) is 0 Å². The van der Waals surface area contributed by atoms with Crippen LogP contribution in [0.4, 0.5) is 5.69 Å². The average Bonchev–Trinajstić information content (AvgIpc) is 3.12. The molecule has 2 aromatic heterocycles. The number of nitrogens with zero attached hydrogens (tertiary/aromatic N) is 4. The maximum atomic E-state index is 12.7. The molecule has 0 aliphatic heterocycles. The Balaban J connectivity index is 1.51. The molecular formula is C22H21N5OS. The molecule has 4 aromatic rings. The molecule has 0 aliphatic carbocycles. The fraction of sp³-hybridized carbons (Fsp3) is 0.182. The third kappa shape index (κ3) is 4.14. The van der Waals surface area contributed by atoms with Gasteiger partial charge in [-0.15, -0.1) is 10.2 Å². The third-order valence-electron chi connectivity index (χ3n) is 4.75. The second-order valence-electron chi connectivity index (χ2n) is 6.90. The average molecular weight is 404 g/mol. The van der Waals surface area contributed by atoms with Gasteiger partial charge < -0.3 is 9.88 Å². The molecule has 7 heteroatoms. The largest absolute Gasteiger partial charge is 0.321 e. The van der Waals surface area contributed by atoms with Crippen molar-refractivity contribution in [2.75, 3.05) is 5.32 Å². The van der Waals surface area contributed by atoms with E-state index < -0.39 is 0 Å². The van der Waals surface area contributed by atoms with Gasteiger partial charge in [-0.25, -0.2) is 4.98 Å². The summed E-state index contributed by atoms with van der Waals surface area (Å²) in [7, 11) is 1.92. The van der Waals surface area contributed by atoms with Crippen molar-refractivity contribution in [2.24, 2.45) is 7.05 Å². The fourth-order valence-corrected chi connectivity index (χ4v) is 4.01. The molecule has 0 fully saturated rings. The standard InChI is InChI=1S/C22H21N5OS/c1-14-6-4-9-19-18(14)10-11-20(25-19)21(28)24-17-8-5-7-16(12-17)15(2)29-22-26-23-13-27(22)3/h4-13,15H,1-3H3,(H,24,28)/t15-/m0/s1. The first-order valence-corrected chi connectivity index (χ1v) is 10.2. The van der Waals surface area contributed by atoms with Crippen molar-refractivity contribution < 1.29 is 4.79 Å². The number of hydrogen-bond acceptors (Lipinski definition) is 5. The second kappa shape index (κ2) is 8.05. The van der Waals surface area contributed by atoms with Crippen LogP contribution in [0.2, 0.25) is 0 Å². The van der Waals surface area contributed by atoms with Crippen molar-refractivity contribution >= 4 is 34.3 Å². The Morgan fingerprint density at radius 1 is 1.14 bits per heavy atom. The number of benzene rings is 2. The Labute approximate surface area is 173 Å². The molecule has 29 heavy (non-hydrogen) atoms. The van der Waals surface area contributed by atoms with Crippen molar-refractivity contribution in [1.82, 2.24) is 19.7 Å². The van der Waals surface area contributed by atoms with Crippen LogP contribution in [0.1, 0.15) is 33.8 Å². The summed E-state index contributed by atoms with van der Waals surface area (Å²) in [6, 6.07) is 17.5. The van der Waals surface area contributed by atoms with Crippen molar-refractivity contribution in [3.05, 3.63) is 77.7 Å². The van der Waals surface area contributed by atoms with Crippen LogP contribution in [0.3, 0.4) is 0 Å². The van der Waals surface area contributed by atoms with Gasteiger partial charge in [-0.1, -0.05) is 42.1 Å². The number of pyridine rings is 1. The monoisotopic (exact) mass is 403 g/mol. The molecule has 6 nitrogen and oxygen atoms in total. The number of carbonyl (C=O) groups is 1. The van der Waals surface area contributed by atoms with Crippen LogP contribution < -0.4 is 5.32 Å². The van der Waals surface area contributed by atoms with Gasteiger partial charge >= 0.3 is 0 Å². The molecule has 4 rings (SSSR count). The molecule has 0 radical (unpaired) electrons. The molecule has 1 atom stereocenters. The van der Waals surface area contributed by atoms with Crippen molar-refractivity contribution in [1.29, 1.82) is 0 Å². The van der Waals surface area contributed by atoms with Crippen LogP contribution in [0.25, 0.3) is 10.9 Å². The van der Waals surface area contributed by atoms with E-state index in [1.165, 1.54) is 0 Å². The number of amides is 1. The van der Waals surface area contributed by atoms with Gasteiger partial charge in [0.15, 0.2) is 5.16 Å². The lowest BCUT2D eigenvalue weighted by Crippen LogP contribution is -2.14. The molecule has 1 N–H and O–H groups in total. The number of anilines is 1. The molecule has 146 valence electrons. The SMILES string of the molecule is Cc1cccc2nc(C(=O)Nc3cccc([C@H](C)Sc4nncn4C)c3)ccc12. The first-order chi connectivity index (χ1) is 14.0. The molecule has 0 aliphatic rings. The number of thioether (sulfide) groups is 1. The summed E-state index contributed by atoms with van der Waals surface area (Å²) in [6.07, 6.45) is 1.68.